The largest absolute Gasteiger partial charge is 0.458 e. The van der Waals surface area contributed by atoms with E-state index < -0.39 is 0 Å². The summed E-state index contributed by atoms with van der Waals surface area (Å²) >= 11 is 0. The molecule has 1 unspecified atom stereocenters. The molecule has 3 nitrogen and oxygen atoms in total. The van der Waals surface area contributed by atoms with Crippen LogP contribution in [-0.2, 0) is 14.3 Å². The van der Waals surface area contributed by atoms with E-state index in [-0.39, 0.29) is 18.2 Å². The molecule has 0 N–H and O–H groups in total. The van der Waals surface area contributed by atoms with Crippen LogP contribution in [0.15, 0.2) is 24.3 Å². The van der Waals surface area contributed by atoms with Crippen LogP contribution < -0.4 is 0 Å². The summed E-state index contributed by atoms with van der Waals surface area (Å²) in [6, 6.07) is 0. The maximum Gasteiger partial charge on any atom is 0.306 e. The average Bonchev–Trinajstić information content (AvgIpc) is 3.22. The van der Waals surface area contributed by atoms with Gasteiger partial charge in [-0.2, -0.15) is 0 Å². The van der Waals surface area contributed by atoms with E-state index in [0.29, 0.717) is 12.5 Å². The van der Waals surface area contributed by atoms with Crippen LogP contribution in [0.5, 0.6) is 0 Å². The molecule has 3 atom stereocenters. The van der Waals surface area contributed by atoms with Crippen molar-refractivity contribution in [3.8, 4) is 0 Å². The molecule has 0 aromatic heterocycles. The summed E-state index contributed by atoms with van der Waals surface area (Å²) < 4.78 is 11.1. The van der Waals surface area contributed by atoms with Gasteiger partial charge in [-0.25, -0.2) is 0 Å². The van der Waals surface area contributed by atoms with Crippen LogP contribution in [0.2, 0.25) is 0 Å². The smallest absolute Gasteiger partial charge is 0.306 e. The van der Waals surface area contributed by atoms with Crippen molar-refractivity contribution in [2.45, 2.75) is 83.0 Å². The van der Waals surface area contributed by atoms with Crippen molar-refractivity contribution in [2.24, 2.45) is 0 Å². The highest BCUT2D eigenvalue weighted by Crippen LogP contribution is 2.27. The first-order valence-electron chi connectivity index (χ1n) is 8.48. The van der Waals surface area contributed by atoms with Crippen molar-refractivity contribution < 1.29 is 14.3 Å². The highest BCUT2D eigenvalue weighted by atomic mass is 16.6. The minimum Gasteiger partial charge on any atom is -0.458 e. The van der Waals surface area contributed by atoms with E-state index in [1.807, 2.05) is 6.08 Å². The molecule has 0 aromatic rings. The Morgan fingerprint density at radius 1 is 1.10 bits per heavy atom. The van der Waals surface area contributed by atoms with Gasteiger partial charge in [-0.05, 0) is 38.2 Å². The lowest BCUT2D eigenvalue weighted by Gasteiger charge is -2.16. The van der Waals surface area contributed by atoms with Crippen molar-refractivity contribution in [3.63, 3.8) is 0 Å². The van der Waals surface area contributed by atoms with Crippen LogP contribution in [0.1, 0.15) is 64.7 Å². The Morgan fingerprint density at radius 3 is 2.76 bits per heavy atom. The zero-order chi connectivity index (χ0) is 14.9. The Hall–Kier alpha value is -1.09. The molecule has 0 radical (unpaired) electrons. The second-order valence-corrected chi connectivity index (χ2v) is 5.97. The molecule has 2 heterocycles. The lowest BCUT2D eigenvalue weighted by Crippen LogP contribution is -2.17. The van der Waals surface area contributed by atoms with Gasteiger partial charge >= 0.3 is 5.97 Å². The molecule has 2 aliphatic rings. The lowest BCUT2D eigenvalue weighted by molar-refractivity contribution is -0.147. The van der Waals surface area contributed by atoms with Gasteiger partial charge in [0.25, 0.3) is 0 Å². The first kappa shape index (κ1) is 16.3. The predicted octanol–water partition coefficient (Wildman–Crippen LogP) is 4.32. The summed E-state index contributed by atoms with van der Waals surface area (Å²) in [7, 11) is 0. The third-order valence-corrected chi connectivity index (χ3v) is 4.06. The van der Waals surface area contributed by atoms with Gasteiger partial charge in [-0.3, -0.25) is 4.79 Å². The van der Waals surface area contributed by atoms with Gasteiger partial charge in [0, 0.05) is 6.42 Å². The Kier molecular flexibility index (Phi) is 7.01. The fraction of sp³-hybridized carbons (Fsp3) is 0.722. The van der Waals surface area contributed by atoms with Crippen LogP contribution in [-0.4, -0.2) is 24.3 Å². The Bertz CT molecular complexity index is 373. The van der Waals surface area contributed by atoms with E-state index in [9.17, 15) is 4.79 Å². The third kappa shape index (κ3) is 6.47. The summed E-state index contributed by atoms with van der Waals surface area (Å²) in [6.07, 6.45) is 18.2. The second-order valence-electron chi connectivity index (χ2n) is 5.97. The average molecular weight is 292 g/mol. The number of hydrogen-bond donors (Lipinski definition) is 0. The van der Waals surface area contributed by atoms with E-state index in [1.54, 1.807) is 0 Å². The molecular formula is C18H28O3. The minimum atomic E-state index is -0.0633. The molecule has 21 heavy (non-hydrogen) atoms. The van der Waals surface area contributed by atoms with Gasteiger partial charge in [0.2, 0.25) is 0 Å². The van der Waals surface area contributed by atoms with E-state index in [0.717, 1.165) is 38.5 Å². The number of ether oxygens (including phenoxy) is 2. The Morgan fingerprint density at radius 2 is 1.90 bits per heavy atom. The first-order valence-corrected chi connectivity index (χ1v) is 8.48. The molecule has 0 aliphatic carbocycles. The third-order valence-electron chi connectivity index (χ3n) is 4.06. The number of esters is 1. The molecule has 118 valence electrons. The zero-order valence-corrected chi connectivity index (χ0v) is 13.1. The quantitative estimate of drug-likeness (QED) is 0.430. The number of allylic oxidation sites excluding steroid dienone is 1. The molecule has 2 rings (SSSR count). The highest BCUT2D eigenvalue weighted by molar-refractivity contribution is 5.69. The van der Waals surface area contributed by atoms with Crippen molar-refractivity contribution in [1.82, 2.24) is 0 Å². The number of epoxide rings is 1. The van der Waals surface area contributed by atoms with E-state index >= 15 is 0 Å². The SMILES string of the molecule is CC/C=C/C[C@H]1O[C@@H]1/C=C/C1CCCCCCCC(=O)O1. The van der Waals surface area contributed by atoms with Gasteiger partial charge in [0.05, 0.1) is 6.10 Å². The molecule has 0 aromatic carbocycles. The second kappa shape index (κ2) is 9.04. The molecule has 0 amide bonds. The maximum atomic E-state index is 11.7. The molecule has 0 saturated carbocycles. The van der Waals surface area contributed by atoms with Crippen molar-refractivity contribution >= 4 is 5.97 Å². The van der Waals surface area contributed by atoms with Crippen molar-refractivity contribution in [1.29, 1.82) is 0 Å². The first-order chi connectivity index (χ1) is 10.3. The number of carbonyl (C=O) groups excluding carboxylic acids is 1. The van der Waals surface area contributed by atoms with Crippen LogP contribution in [0, 0.1) is 0 Å². The predicted molar refractivity (Wildman–Crippen MR) is 84.0 cm³/mol. The van der Waals surface area contributed by atoms with Gasteiger partial charge < -0.3 is 9.47 Å². The van der Waals surface area contributed by atoms with Gasteiger partial charge in [-0.15, -0.1) is 0 Å². The zero-order valence-electron chi connectivity index (χ0n) is 13.1. The molecule has 2 fully saturated rings. The summed E-state index contributed by atoms with van der Waals surface area (Å²) in [5.41, 5.74) is 0. The monoisotopic (exact) mass is 292 g/mol. The fourth-order valence-electron chi connectivity index (χ4n) is 2.71. The Balaban J connectivity index is 1.75. The number of hydrogen-bond acceptors (Lipinski definition) is 3. The maximum absolute atomic E-state index is 11.7. The normalized spacial score (nSPS) is 31.5. The summed E-state index contributed by atoms with van der Waals surface area (Å²) in [4.78, 5) is 11.7. The number of rotatable bonds is 5. The summed E-state index contributed by atoms with van der Waals surface area (Å²) in [5.74, 6) is -0.0503. The van der Waals surface area contributed by atoms with E-state index in [4.69, 9.17) is 9.47 Å². The molecule has 3 heteroatoms. The van der Waals surface area contributed by atoms with Gasteiger partial charge in [-0.1, -0.05) is 44.4 Å². The lowest BCUT2D eigenvalue weighted by atomic mass is 10.0. The molecule has 2 saturated heterocycles. The van der Waals surface area contributed by atoms with Crippen LogP contribution in [0.4, 0.5) is 0 Å². The summed E-state index contributed by atoms with van der Waals surface area (Å²) in [5, 5.41) is 0. The standard InChI is InChI=1S/C18H28O3/c1-2-3-7-11-16-17(21-16)14-13-15-10-8-5-4-6-9-12-18(19)20-15/h3,7,13-17H,2,4-6,8-12H2,1H3/b7-3+,14-13+/t15?,16-,17-/m1/s1. The number of carbonyl (C=O) groups is 1. The molecule has 0 bridgehead atoms. The van der Waals surface area contributed by atoms with E-state index in [1.165, 1.54) is 12.8 Å². The number of cyclic esters (lactones) is 1. The van der Waals surface area contributed by atoms with Gasteiger partial charge in [0.1, 0.15) is 12.2 Å². The van der Waals surface area contributed by atoms with Crippen LogP contribution in [0.25, 0.3) is 0 Å². The topological polar surface area (TPSA) is 38.8 Å². The molecule has 2 aliphatic heterocycles. The molecular weight excluding hydrogens is 264 g/mol. The van der Waals surface area contributed by atoms with Crippen LogP contribution in [0.3, 0.4) is 0 Å². The fourth-order valence-corrected chi connectivity index (χ4v) is 2.71. The molecule has 0 spiro atoms. The van der Waals surface area contributed by atoms with Crippen molar-refractivity contribution in [3.05, 3.63) is 24.3 Å². The van der Waals surface area contributed by atoms with Crippen molar-refractivity contribution in [2.75, 3.05) is 0 Å². The van der Waals surface area contributed by atoms with E-state index in [2.05, 4.69) is 25.2 Å². The van der Waals surface area contributed by atoms with Gasteiger partial charge in [0.15, 0.2) is 0 Å². The summed E-state index contributed by atoms with van der Waals surface area (Å²) in [6.45, 7) is 2.13. The highest BCUT2D eigenvalue weighted by Gasteiger charge is 2.35. The van der Waals surface area contributed by atoms with Crippen LogP contribution >= 0.6 is 0 Å². The Labute approximate surface area is 128 Å². The minimum absolute atomic E-state index is 0.0503.